The van der Waals surface area contributed by atoms with Gasteiger partial charge in [0.15, 0.2) is 0 Å². The van der Waals surface area contributed by atoms with Crippen LogP contribution in [0.5, 0.6) is 5.75 Å². The number of rotatable bonds is 10. The molecule has 2 N–H and O–H groups in total. The van der Waals surface area contributed by atoms with Gasteiger partial charge in [-0.25, -0.2) is 0 Å². The maximum Gasteiger partial charge on any atom is 0.255 e. The van der Waals surface area contributed by atoms with E-state index in [0.29, 0.717) is 35.9 Å². The standard InChI is InChI=1S/C31H37N3O3/c1-4-5-18-37-27-13-10-24(11-14-27)30(35)33-26-12-15-29(28(19-26)31(36)32-20-22(2)3)34-17-16-23-8-6-7-9-25(23)21-34/h6-15,19,22H,4-5,16-18,20-21H2,1-3H3,(H,32,36)(H,33,35). The molecule has 194 valence electrons. The fourth-order valence-corrected chi connectivity index (χ4v) is 4.40. The number of benzene rings is 3. The Balaban J connectivity index is 1.53. The number of anilines is 2. The molecule has 0 fully saturated rings. The lowest BCUT2D eigenvalue weighted by molar-refractivity contribution is 0.0948. The number of hydrogen-bond donors (Lipinski definition) is 2. The van der Waals surface area contributed by atoms with E-state index in [0.717, 1.165) is 43.8 Å². The van der Waals surface area contributed by atoms with Gasteiger partial charge in [-0.2, -0.15) is 0 Å². The molecule has 1 aliphatic rings. The molecule has 2 amide bonds. The van der Waals surface area contributed by atoms with Gasteiger partial charge in [0, 0.05) is 36.6 Å². The van der Waals surface area contributed by atoms with E-state index >= 15 is 0 Å². The van der Waals surface area contributed by atoms with Crippen LogP contribution >= 0.6 is 0 Å². The maximum atomic E-state index is 13.2. The molecule has 37 heavy (non-hydrogen) atoms. The molecule has 0 radical (unpaired) electrons. The van der Waals surface area contributed by atoms with E-state index in [4.69, 9.17) is 4.74 Å². The lowest BCUT2D eigenvalue weighted by Gasteiger charge is -2.32. The second-order valence-corrected chi connectivity index (χ2v) is 9.96. The zero-order chi connectivity index (χ0) is 26.2. The monoisotopic (exact) mass is 499 g/mol. The van der Waals surface area contributed by atoms with Crippen molar-refractivity contribution in [3.63, 3.8) is 0 Å². The number of nitrogens with one attached hydrogen (secondary N) is 2. The number of hydrogen-bond acceptors (Lipinski definition) is 4. The summed E-state index contributed by atoms with van der Waals surface area (Å²) >= 11 is 0. The fraction of sp³-hybridized carbons (Fsp3) is 0.355. The number of nitrogens with zero attached hydrogens (tertiary/aromatic N) is 1. The Hall–Kier alpha value is -3.80. The van der Waals surface area contributed by atoms with Gasteiger partial charge in [0.2, 0.25) is 0 Å². The van der Waals surface area contributed by atoms with Crippen LogP contribution in [0.2, 0.25) is 0 Å². The first-order valence-corrected chi connectivity index (χ1v) is 13.2. The Kier molecular flexibility index (Phi) is 8.83. The molecule has 0 aromatic heterocycles. The van der Waals surface area contributed by atoms with Crippen LogP contribution in [0.1, 0.15) is 65.5 Å². The summed E-state index contributed by atoms with van der Waals surface area (Å²) in [6, 6.07) is 21.2. The van der Waals surface area contributed by atoms with Crippen molar-refractivity contribution in [1.29, 1.82) is 0 Å². The van der Waals surface area contributed by atoms with Crippen LogP contribution < -0.4 is 20.3 Å². The first kappa shape index (κ1) is 26.3. The third-order valence-electron chi connectivity index (χ3n) is 6.52. The molecule has 0 spiro atoms. The Bertz CT molecular complexity index is 1220. The highest BCUT2D eigenvalue weighted by Gasteiger charge is 2.22. The number of carbonyl (C=O) groups is 2. The van der Waals surface area contributed by atoms with Crippen LogP contribution in [0.4, 0.5) is 11.4 Å². The van der Waals surface area contributed by atoms with E-state index in [-0.39, 0.29) is 11.8 Å². The lowest BCUT2D eigenvalue weighted by atomic mass is 9.98. The molecule has 0 bridgehead atoms. The van der Waals surface area contributed by atoms with Gasteiger partial charge in [0.25, 0.3) is 11.8 Å². The van der Waals surface area contributed by atoms with Crippen molar-refractivity contribution in [2.75, 3.05) is 29.9 Å². The molecule has 0 atom stereocenters. The molecular weight excluding hydrogens is 462 g/mol. The fourth-order valence-electron chi connectivity index (χ4n) is 4.40. The van der Waals surface area contributed by atoms with Gasteiger partial charge in [-0.1, -0.05) is 51.5 Å². The van der Waals surface area contributed by atoms with Crippen molar-refractivity contribution in [2.45, 2.75) is 46.6 Å². The first-order valence-electron chi connectivity index (χ1n) is 13.2. The zero-order valence-electron chi connectivity index (χ0n) is 22.0. The van der Waals surface area contributed by atoms with Crippen molar-refractivity contribution in [2.24, 2.45) is 5.92 Å². The second kappa shape index (κ2) is 12.4. The molecule has 0 unspecified atom stereocenters. The number of fused-ring (bicyclic) bond motifs is 1. The third kappa shape index (κ3) is 6.91. The Morgan fingerprint density at radius 3 is 2.46 bits per heavy atom. The van der Waals surface area contributed by atoms with Gasteiger partial charge >= 0.3 is 0 Å². The van der Waals surface area contributed by atoms with Crippen molar-refractivity contribution >= 4 is 23.2 Å². The van der Waals surface area contributed by atoms with Crippen LogP contribution in [0.25, 0.3) is 0 Å². The number of ether oxygens (including phenoxy) is 1. The topological polar surface area (TPSA) is 70.7 Å². The van der Waals surface area contributed by atoms with Crippen LogP contribution in [-0.4, -0.2) is 31.5 Å². The normalized spacial score (nSPS) is 12.7. The first-order chi connectivity index (χ1) is 17.9. The van der Waals surface area contributed by atoms with E-state index in [1.54, 1.807) is 18.2 Å². The minimum atomic E-state index is -0.228. The molecule has 6 nitrogen and oxygen atoms in total. The molecule has 0 saturated heterocycles. The molecule has 1 aliphatic heterocycles. The van der Waals surface area contributed by atoms with Crippen LogP contribution in [0.3, 0.4) is 0 Å². The smallest absolute Gasteiger partial charge is 0.255 e. The number of carbonyl (C=O) groups excluding carboxylic acids is 2. The Morgan fingerprint density at radius 2 is 1.73 bits per heavy atom. The largest absolute Gasteiger partial charge is 0.494 e. The molecule has 0 aliphatic carbocycles. The van der Waals surface area contributed by atoms with Crippen LogP contribution in [-0.2, 0) is 13.0 Å². The summed E-state index contributed by atoms with van der Waals surface area (Å²) in [5.41, 5.74) is 5.20. The zero-order valence-corrected chi connectivity index (χ0v) is 22.0. The summed E-state index contributed by atoms with van der Waals surface area (Å²) in [6.07, 6.45) is 3.00. The van der Waals surface area contributed by atoms with E-state index in [1.807, 2.05) is 24.3 Å². The third-order valence-corrected chi connectivity index (χ3v) is 6.52. The van der Waals surface area contributed by atoms with Crippen molar-refractivity contribution < 1.29 is 14.3 Å². The van der Waals surface area contributed by atoms with Gasteiger partial charge in [0.05, 0.1) is 12.2 Å². The van der Waals surface area contributed by atoms with Crippen molar-refractivity contribution in [3.8, 4) is 5.75 Å². The maximum absolute atomic E-state index is 13.2. The van der Waals surface area contributed by atoms with Gasteiger partial charge in [-0.05, 0) is 72.4 Å². The second-order valence-electron chi connectivity index (χ2n) is 9.96. The predicted molar refractivity (Wildman–Crippen MR) is 150 cm³/mol. The summed E-state index contributed by atoms with van der Waals surface area (Å²) in [7, 11) is 0. The highest BCUT2D eigenvalue weighted by molar-refractivity contribution is 6.06. The molecule has 6 heteroatoms. The van der Waals surface area contributed by atoms with E-state index in [1.165, 1.54) is 11.1 Å². The van der Waals surface area contributed by atoms with Crippen molar-refractivity contribution in [1.82, 2.24) is 5.32 Å². The minimum Gasteiger partial charge on any atom is -0.494 e. The molecule has 3 aromatic rings. The summed E-state index contributed by atoms with van der Waals surface area (Å²) in [6.45, 7) is 9.09. The average molecular weight is 500 g/mol. The van der Waals surface area contributed by atoms with E-state index in [9.17, 15) is 9.59 Å². The summed E-state index contributed by atoms with van der Waals surface area (Å²) in [5, 5.41) is 6.00. The Morgan fingerprint density at radius 1 is 0.973 bits per heavy atom. The predicted octanol–water partition coefficient (Wildman–Crippen LogP) is 6.07. The minimum absolute atomic E-state index is 0.132. The molecule has 1 heterocycles. The van der Waals surface area contributed by atoms with E-state index < -0.39 is 0 Å². The lowest BCUT2D eigenvalue weighted by Crippen LogP contribution is -2.34. The SMILES string of the molecule is CCCCOc1ccc(C(=O)Nc2ccc(N3CCc4ccccc4C3)c(C(=O)NCC(C)C)c2)cc1. The van der Waals surface area contributed by atoms with Crippen LogP contribution in [0.15, 0.2) is 66.7 Å². The highest BCUT2D eigenvalue weighted by atomic mass is 16.5. The molecule has 3 aromatic carbocycles. The van der Waals surface area contributed by atoms with Crippen LogP contribution in [0, 0.1) is 5.92 Å². The molecule has 0 saturated carbocycles. The molecule has 4 rings (SSSR count). The van der Waals surface area contributed by atoms with E-state index in [2.05, 4.69) is 60.6 Å². The quantitative estimate of drug-likeness (QED) is 0.332. The van der Waals surface area contributed by atoms with Gasteiger partial charge in [-0.3, -0.25) is 9.59 Å². The molecular formula is C31H37N3O3. The Labute approximate surface area is 220 Å². The average Bonchev–Trinajstić information content (AvgIpc) is 2.92. The highest BCUT2D eigenvalue weighted by Crippen LogP contribution is 2.30. The summed E-state index contributed by atoms with van der Waals surface area (Å²) < 4.78 is 5.69. The number of unbranched alkanes of at least 4 members (excludes halogenated alkanes) is 1. The van der Waals surface area contributed by atoms with Gasteiger partial charge in [0.1, 0.15) is 5.75 Å². The van der Waals surface area contributed by atoms with Gasteiger partial charge < -0.3 is 20.3 Å². The summed E-state index contributed by atoms with van der Waals surface area (Å²) in [5.74, 6) is 0.730. The van der Waals surface area contributed by atoms with Crippen molar-refractivity contribution in [3.05, 3.63) is 89.0 Å². The van der Waals surface area contributed by atoms with Gasteiger partial charge in [-0.15, -0.1) is 0 Å². The number of amides is 2. The summed E-state index contributed by atoms with van der Waals surface area (Å²) in [4.78, 5) is 28.4.